The average molecular weight is 207 g/mol. The van der Waals surface area contributed by atoms with Crippen molar-refractivity contribution in [2.75, 3.05) is 6.54 Å². The molecule has 1 aromatic heterocycles. The van der Waals surface area contributed by atoms with Crippen molar-refractivity contribution in [2.45, 2.75) is 51.0 Å². The van der Waals surface area contributed by atoms with Crippen LogP contribution < -0.4 is 5.73 Å². The van der Waals surface area contributed by atoms with E-state index in [-0.39, 0.29) is 5.54 Å². The Morgan fingerprint density at radius 2 is 2.13 bits per heavy atom. The van der Waals surface area contributed by atoms with Crippen molar-refractivity contribution in [1.29, 1.82) is 0 Å². The zero-order valence-corrected chi connectivity index (χ0v) is 9.95. The third-order valence-corrected chi connectivity index (χ3v) is 3.36. The molecule has 0 saturated heterocycles. The number of rotatable bonds is 3. The zero-order valence-electron chi connectivity index (χ0n) is 9.95. The molecule has 0 unspecified atom stereocenters. The van der Waals surface area contributed by atoms with Crippen LogP contribution in [0.2, 0.25) is 0 Å². The van der Waals surface area contributed by atoms with Gasteiger partial charge in [0.2, 0.25) is 0 Å². The standard InChI is InChI=1S/C12H21N3/c1-11(2,3)15-9-10(8-14-15)12(4-5-12)6-7-13/h8-9H,4-7,13H2,1-3H3. The predicted octanol–water partition coefficient (Wildman–Crippen LogP) is 2.02. The van der Waals surface area contributed by atoms with Crippen LogP contribution in [0.15, 0.2) is 12.4 Å². The van der Waals surface area contributed by atoms with Gasteiger partial charge in [-0.05, 0) is 57.6 Å². The molecule has 84 valence electrons. The molecule has 0 spiro atoms. The van der Waals surface area contributed by atoms with Crippen LogP contribution in [0.3, 0.4) is 0 Å². The molecule has 1 saturated carbocycles. The highest BCUT2D eigenvalue weighted by Crippen LogP contribution is 2.50. The van der Waals surface area contributed by atoms with Crippen LogP contribution in [0.25, 0.3) is 0 Å². The van der Waals surface area contributed by atoms with E-state index in [1.807, 2.05) is 6.20 Å². The molecule has 15 heavy (non-hydrogen) atoms. The molecule has 3 heteroatoms. The molecule has 0 aromatic carbocycles. The Labute approximate surface area is 91.7 Å². The summed E-state index contributed by atoms with van der Waals surface area (Å²) in [5.74, 6) is 0. The zero-order chi connectivity index (χ0) is 11.1. The van der Waals surface area contributed by atoms with Crippen molar-refractivity contribution in [3.8, 4) is 0 Å². The van der Waals surface area contributed by atoms with E-state index < -0.39 is 0 Å². The fraction of sp³-hybridized carbons (Fsp3) is 0.750. The lowest BCUT2D eigenvalue weighted by atomic mass is 9.95. The monoisotopic (exact) mass is 207 g/mol. The molecule has 2 N–H and O–H groups in total. The van der Waals surface area contributed by atoms with Gasteiger partial charge in [0.15, 0.2) is 0 Å². The van der Waals surface area contributed by atoms with Gasteiger partial charge in [0.1, 0.15) is 0 Å². The van der Waals surface area contributed by atoms with E-state index in [2.05, 4.69) is 36.7 Å². The molecule has 2 rings (SSSR count). The summed E-state index contributed by atoms with van der Waals surface area (Å²) < 4.78 is 2.05. The van der Waals surface area contributed by atoms with Crippen LogP contribution in [0.5, 0.6) is 0 Å². The highest BCUT2D eigenvalue weighted by Gasteiger charge is 2.44. The molecule has 1 heterocycles. The summed E-state index contributed by atoms with van der Waals surface area (Å²) in [6, 6.07) is 0. The van der Waals surface area contributed by atoms with Crippen LogP contribution in [0, 0.1) is 0 Å². The maximum absolute atomic E-state index is 5.66. The lowest BCUT2D eigenvalue weighted by molar-refractivity contribution is 0.355. The molecule has 0 atom stereocenters. The molecule has 0 bridgehead atoms. The number of nitrogens with two attached hydrogens (primary N) is 1. The van der Waals surface area contributed by atoms with Crippen molar-refractivity contribution in [2.24, 2.45) is 5.73 Å². The van der Waals surface area contributed by atoms with Crippen LogP contribution in [0.1, 0.15) is 45.6 Å². The second-order valence-electron chi connectivity index (χ2n) is 5.66. The van der Waals surface area contributed by atoms with Gasteiger partial charge in [0, 0.05) is 6.20 Å². The van der Waals surface area contributed by atoms with Crippen molar-refractivity contribution < 1.29 is 0 Å². The molecule has 0 aliphatic heterocycles. The van der Waals surface area contributed by atoms with E-state index in [1.54, 1.807) is 0 Å². The quantitative estimate of drug-likeness (QED) is 0.824. The van der Waals surface area contributed by atoms with Gasteiger partial charge in [-0.15, -0.1) is 0 Å². The molecule has 1 aromatic rings. The minimum absolute atomic E-state index is 0.0804. The van der Waals surface area contributed by atoms with Crippen LogP contribution >= 0.6 is 0 Å². The molecule has 1 aliphatic carbocycles. The number of hydrogen-bond acceptors (Lipinski definition) is 2. The second kappa shape index (κ2) is 3.34. The Morgan fingerprint density at radius 3 is 2.53 bits per heavy atom. The normalized spacial score (nSPS) is 19.2. The summed E-state index contributed by atoms with van der Waals surface area (Å²) in [6.45, 7) is 7.30. The molecule has 1 aliphatic rings. The predicted molar refractivity (Wildman–Crippen MR) is 61.8 cm³/mol. The summed E-state index contributed by atoms with van der Waals surface area (Å²) >= 11 is 0. The lowest BCUT2D eigenvalue weighted by Crippen LogP contribution is -2.22. The van der Waals surface area contributed by atoms with Crippen molar-refractivity contribution in [3.63, 3.8) is 0 Å². The van der Waals surface area contributed by atoms with Gasteiger partial charge in [-0.3, -0.25) is 4.68 Å². The highest BCUT2D eigenvalue weighted by molar-refractivity contribution is 5.27. The molecular formula is C12H21N3. The summed E-state index contributed by atoms with van der Waals surface area (Å²) in [6.07, 6.45) is 7.87. The van der Waals surface area contributed by atoms with Crippen molar-refractivity contribution in [3.05, 3.63) is 18.0 Å². The first kappa shape index (κ1) is 10.7. The second-order valence-corrected chi connectivity index (χ2v) is 5.66. The van der Waals surface area contributed by atoms with Gasteiger partial charge in [0.05, 0.1) is 11.7 Å². The van der Waals surface area contributed by atoms with E-state index in [9.17, 15) is 0 Å². The Balaban J connectivity index is 2.21. The molecular weight excluding hydrogens is 186 g/mol. The Hall–Kier alpha value is -0.830. The first-order chi connectivity index (χ1) is 6.98. The average Bonchev–Trinajstić information content (AvgIpc) is 2.75. The Kier molecular flexibility index (Phi) is 2.38. The van der Waals surface area contributed by atoms with E-state index in [1.165, 1.54) is 18.4 Å². The first-order valence-electron chi connectivity index (χ1n) is 5.74. The van der Waals surface area contributed by atoms with Crippen molar-refractivity contribution in [1.82, 2.24) is 9.78 Å². The highest BCUT2D eigenvalue weighted by atomic mass is 15.3. The number of hydrogen-bond donors (Lipinski definition) is 1. The van der Waals surface area contributed by atoms with Crippen LogP contribution in [-0.4, -0.2) is 16.3 Å². The van der Waals surface area contributed by atoms with E-state index in [0.29, 0.717) is 5.41 Å². The summed E-state index contributed by atoms with van der Waals surface area (Å²) in [4.78, 5) is 0. The van der Waals surface area contributed by atoms with Gasteiger partial charge in [0.25, 0.3) is 0 Å². The smallest absolute Gasteiger partial charge is 0.0543 e. The van der Waals surface area contributed by atoms with Gasteiger partial charge >= 0.3 is 0 Å². The van der Waals surface area contributed by atoms with Gasteiger partial charge in [-0.1, -0.05) is 0 Å². The largest absolute Gasteiger partial charge is 0.330 e. The summed E-state index contributed by atoms with van der Waals surface area (Å²) in [7, 11) is 0. The molecule has 1 fully saturated rings. The van der Waals surface area contributed by atoms with E-state index in [0.717, 1.165) is 13.0 Å². The van der Waals surface area contributed by atoms with Crippen LogP contribution in [-0.2, 0) is 11.0 Å². The third kappa shape index (κ3) is 1.93. The number of aromatic nitrogens is 2. The number of nitrogens with zero attached hydrogens (tertiary/aromatic N) is 2. The Morgan fingerprint density at radius 1 is 1.47 bits per heavy atom. The maximum atomic E-state index is 5.66. The fourth-order valence-corrected chi connectivity index (χ4v) is 2.07. The first-order valence-corrected chi connectivity index (χ1v) is 5.74. The molecule has 0 radical (unpaired) electrons. The topological polar surface area (TPSA) is 43.8 Å². The third-order valence-electron chi connectivity index (χ3n) is 3.36. The Bertz CT molecular complexity index is 342. The molecule has 0 amide bonds. The van der Waals surface area contributed by atoms with Gasteiger partial charge in [-0.25, -0.2) is 0 Å². The summed E-state index contributed by atoms with van der Waals surface area (Å²) in [5, 5.41) is 4.45. The van der Waals surface area contributed by atoms with Gasteiger partial charge < -0.3 is 5.73 Å². The minimum atomic E-state index is 0.0804. The molecule has 3 nitrogen and oxygen atoms in total. The maximum Gasteiger partial charge on any atom is 0.0543 e. The van der Waals surface area contributed by atoms with Crippen molar-refractivity contribution >= 4 is 0 Å². The fourth-order valence-electron chi connectivity index (χ4n) is 2.07. The minimum Gasteiger partial charge on any atom is -0.330 e. The SMILES string of the molecule is CC(C)(C)n1cc(C2(CCN)CC2)cn1. The van der Waals surface area contributed by atoms with Crippen LogP contribution in [0.4, 0.5) is 0 Å². The lowest BCUT2D eigenvalue weighted by Gasteiger charge is -2.19. The summed E-state index contributed by atoms with van der Waals surface area (Å²) in [5.41, 5.74) is 7.49. The van der Waals surface area contributed by atoms with E-state index >= 15 is 0 Å². The van der Waals surface area contributed by atoms with Gasteiger partial charge in [-0.2, -0.15) is 5.10 Å². The van der Waals surface area contributed by atoms with E-state index in [4.69, 9.17) is 5.73 Å².